The molecule has 0 bridgehead atoms. The molecule has 0 saturated heterocycles. The number of hydrogen-bond acceptors (Lipinski definition) is 5. The Kier molecular flexibility index (Phi) is 4.72. The third-order valence-electron chi connectivity index (χ3n) is 4.65. The van der Waals surface area contributed by atoms with Crippen LogP contribution in [0.1, 0.15) is 44.4 Å². The molecule has 2 amide bonds. The Hall–Kier alpha value is -3.74. The summed E-state index contributed by atoms with van der Waals surface area (Å²) in [6.45, 7) is 0. The van der Waals surface area contributed by atoms with E-state index in [-0.39, 0.29) is 12.0 Å². The fraction of sp³-hybridized carbons (Fsp3) is 0.143. The molecule has 7 nitrogen and oxygen atoms in total. The molecule has 3 N–H and O–H groups in total. The largest absolute Gasteiger partial charge is 0.484 e. The highest BCUT2D eigenvalue weighted by atomic mass is 16.5. The van der Waals surface area contributed by atoms with Crippen molar-refractivity contribution < 1.29 is 14.3 Å². The molecule has 1 unspecified atom stereocenters. The van der Waals surface area contributed by atoms with Crippen LogP contribution < -0.4 is 15.8 Å². The molecule has 28 heavy (non-hydrogen) atoms. The van der Waals surface area contributed by atoms with Crippen LogP contribution in [0.25, 0.3) is 0 Å². The van der Waals surface area contributed by atoms with E-state index in [2.05, 4.69) is 15.3 Å². The van der Waals surface area contributed by atoms with Gasteiger partial charge in [0, 0.05) is 29.8 Å². The summed E-state index contributed by atoms with van der Waals surface area (Å²) >= 11 is 0. The standard InChI is InChI=1S/C21H18N4O3/c22-20(26)15-9-17(12-24-11-15)28-19-4-2-13-1-3-16(10-18(13)19)25-21(27)14-5-7-23-8-6-14/h1,3,5-12,19H,2,4H2,(H2,22,26)(H,25,27). The van der Waals surface area contributed by atoms with Gasteiger partial charge in [-0.1, -0.05) is 6.07 Å². The van der Waals surface area contributed by atoms with Crippen LogP contribution in [0, 0.1) is 0 Å². The molecule has 1 atom stereocenters. The van der Waals surface area contributed by atoms with Crippen molar-refractivity contribution in [1.82, 2.24) is 9.97 Å². The minimum Gasteiger partial charge on any atom is -0.484 e. The topological polar surface area (TPSA) is 107 Å². The molecule has 1 aliphatic rings. The van der Waals surface area contributed by atoms with Crippen molar-refractivity contribution in [3.8, 4) is 5.75 Å². The van der Waals surface area contributed by atoms with Crippen LogP contribution in [0.15, 0.2) is 61.2 Å². The number of ether oxygens (including phenoxy) is 1. The summed E-state index contributed by atoms with van der Waals surface area (Å²) in [6.07, 6.45) is 7.62. The number of benzene rings is 1. The van der Waals surface area contributed by atoms with Gasteiger partial charge in [-0.2, -0.15) is 0 Å². The quantitative estimate of drug-likeness (QED) is 0.714. The Balaban J connectivity index is 1.53. The molecule has 1 aromatic carbocycles. The molecule has 0 radical (unpaired) electrons. The maximum Gasteiger partial charge on any atom is 0.255 e. The van der Waals surface area contributed by atoms with Gasteiger partial charge in [0.1, 0.15) is 11.9 Å². The molecule has 7 heteroatoms. The average molecular weight is 374 g/mol. The summed E-state index contributed by atoms with van der Waals surface area (Å²) in [6, 6.07) is 10.7. The number of nitrogens with one attached hydrogen (secondary N) is 1. The maximum absolute atomic E-state index is 12.4. The number of amides is 2. The fourth-order valence-corrected chi connectivity index (χ4v) is 3.25. The Labute approximate surface area is 161 Å². The molecule has 0 aliphatic heterocycles. The van der Waals surface area contributed by atoms with E-state index in [0.717, 1.165) is 18.4 Å². The summed E-state index contributed by atoms with van der Waals surface area (Å²) < 4.78 is 6.05. The highest BCUT2D eigenvalue weighted by Crippen LogP contribution is 2.36. The Morgan fingerprint density at radius 3 is 2.64 bits per heavy atom. The van der Waals surface area contributed by atoms with Gasteiger partial charge in [-0.15, -0.1) is 0 Å². The van der Waals surface area contributed by atoms with E-state index >= 15 is 0 Å². The maximum atomic E-state index is 12.4. The molecule has 2 heterocycles. The number of fused-ring (bicyclic) bond motifs is 1. The van der Waals surface area contributed by atoms with Gasteiger partial charge in [0.15, 0.2) is 0 Å². The average Bonchev–Trinajstić information content (AvgIpc) is 3.11. The normalized spacial score (nSPS) is 14.9. The van der Waals surface area contributed by atoms with Crippen LogP contribution in [-0.4, -0.2) is 21.8 Å². The number of anilines is 1. The number of carbonyl (C=O) groups excluding carboxylic acids is 2. The number of hydrogen-bond donors (Lipinski definition) is 2. The smallest absolute Gasteiger partial charge is 0.255 e. The first kappa shape index (κ1) is 17.7. The van der Waals surface area contributed by atoms with Gasteiger partial charge in [-0.25, -0.2) is 0 Å². The number of aryl methyl sites for hydroxylation is 1. The Morgan fingerprint density at radius 1 is 1.04 bits per heavy atom. The molecule has 4 rings (SSSR count). The second kappa shape index (κ2) is 7.48. The van der Waals surface area contributed by atoms with E-state index in [1.54, 1.807) is 36.8 Å². The molecule has 0 saturated carbocycles. The lowest BCUT2D eigenvalue weighted by Gasteiger charge is -2.16. The zero-order chi connectivity index (χ0) is 19.5. The molecular weight excluding hydrogens is 356 g/mol. The lowest BCUT2D eigenvalue weighted by atomic mass is 10.1. The summed E-state index contributed by atoms with van der Waals surface area (Å²) in [5.41, 5.74) is 9.02. The Morgan fingerprint density at radius 2 is 1.86 bits per heavy atom. The number of rotatable bonds is 5. The summed E-state index contributed by atoms with van der Waals surface area (Å²) in [4.78, 5) is 31.6. The Bertz CT molecular complexity index is 1040. The monoisotopic (exact) mass is 374 g/mol. The molecule has 0 fully saturated rings. The highest BCUT2D eigenvalue weighted by Gasteiger charge is 2.25. The number of aromatic nitrogens is 2. The molecule has 2 aromatic heterocycles. The van der Waals surface area contributed by atoms with E-state index in [4.69, 9.17) is 10.5 Å². The van der Waals surface area contributed by atoms with Crippen LogP contribution >= 0.6 is 0 Å². The van der Waals surface area contributed by atoms with Crippen molar-refractivity contribution in [2.45, 2.75) is 18.9 Å². The van der Waals surface area contributed by atoms with Crippen molar-refractivity contribution in [3.63, 3.8) is 0 Å². The lowest BCUT2D eigenvalue weighted by molar-refractivity contribution is 0.0996. The van der Waals surface area contributed by atoms with Crippen molar-refractivity contribution in [2.24, 2.45) is 5.73 Å². The summed E-state index contributed by atoms with van der Waals surface area (Å²) in [5.74, 6) is -0.262. The molecule has 1 aliphatic carbocycles. The van der Waals surface area contributed by atoms with Crippen LogP contribution in [0.3, 0.4) is 0 Å². The van der Waals surface area contributed by atoms with E-state index in [0.29, 0.717) is 22.6 Å². The number of carbonyl (C=O) groups is 2. The third kappa shape index (κ3) is 3.68. The number of pyridine rings is 2. The lowest BCUT2D eigenvalue weighted by Crippen LogP contribution is -2.13. The molecule has 3 aromatic rings. The van der Waals surface area contributed by atoms with Crippen molar-refractivity contribution in [1.29, 1.82) is 0 Å². The van der Waals surface area contributed by atoms with Crippen LogP contribution in [0.5, 0.6) is 5.75 Å². The first-order valence-electron chi connectivity index (χ1n) is 8.86. The van der Waals surface area contributed by atoms with E-state index in [1.165, 1.54) is 11.8 Å². The SMILES string of the molecule is NC(=O)c1cncc(OC2CCc3ccc(NC(=O)c4ccncc4)cc32)c1. The molecule has 140 valence electrons. The summed E-state index contributed by atoms with van der Waals surface area (Å²) in [5, 5.41) is 2.90. The number of nitrogens with zero attached hydrogens (tertiary/aromatic N) is 2. The minimum absolute atomic E-state index is 0.183. The van der Waals surface area contributed by atoms with Gasteiger partial charge in [-0.3, -0.25) is 19.6 Å². The zero-order valence-corrected chi connectivity index (χ0v) is 15.0. The van der Waals surface area contributed by atoms with Crippen LogP contribution in [0.2, 0.25) is 0 Å². The van der Waals surface area contributed by atoms with Crippen molar-refractivity contribution >= 4 is 17.5 Å². The first-order chi connectivity index (χ1) is 13.6. The number of nitrogens with two attached hydrogens (primary N) is 1. The van der Waals surface area contributed by atoms with Crippen LogP contribution in [-0.2, 0) is 6.42 Å². The summed E-state index contributed by atoms with van der Waals surface area (Å²) in [7, 11) is 0. The second-order valence-electron chi connectivity index (χ2n) is 6.52. The van der Waals surface area contributed by atoms with Gasteiger partial charge in [0.25, 0.3) is 5.91 Å². The minimum atomic E-state index is -0.550. The first-order valence-corrected chi connectivity index (χ1v) is 8.86. The zero-order valence-electron chi connectivity index (χ0n) is 15.0. The van der Waals surface area contributed by atoms with Gasteiger partial charge in [-0.05, 0) is 54.3 Å². The second-order valence-corrected chi connectivity index (χ2v) is 6.52. The van der Waals surface area contributed by atoms with Crippen molar-refractivity contribution in [2.75, 3.05) is 5.32 Å². The predicted octanol–water partition coefficient (Wildman–Crippen LogP) is 2.89. The van der Waals surface area contributed by atoms with E-state index in [9.17, 15) is 9.59 Å². The van der Waals surface area contributed by atoms with Gasteiger partial charge < -0.3 is 15.8 Å². The molecular formula is C21H18N4O3. The molecule has 0 spiro atoms. The van der Waals surface area contributed by atoms with Gasteiger partial charge in [0.2, 0.25) is 5.91 Å². The number of primary amides is 1. The highest BCUT2D eigenvalue weighted by molar-refractivity contribution is 6.04. The van der Waals surface area contributed by atoms with Crippen LogP contribution in [0.4, 0.5) is 5.69 Å². The third-order valence-corrected chi connectivity index (χ3v) is 4.65. The van der Waals surface area contributed by atoms with E-state index in [1.807, 2.05) is 18.2 Å². The fourth-order valence-electron chi connectivity index (χ4n) is 3.25. The van der Waals surface area contributed by atoms with Gasteiger partial charge in [0.05, 0.1) is 11.8 Å². The van der Waals surface area contributed by atoms with E-state index < -0.39 is 5.91 Å². The van der Waals surface area contributed by atoms with Crippen molar-refractivity contribution in [3.05, 3.63) is 83.4 Å². The van der Waals surface area contributed by atoms with Gasteiger partial charge >= 0.3 is 0 Å². The predicted molar refractivity (Wildman–Crippen MR) is 103 cm³/mol.